The number of carboxylic acids is 1. The second-order valence-electron chi connectivity index (χ2n) is 6.06. The molecule has 1 aromatic carbocycles. The van der Waals surface area contributed by atoms with E-state index >= 15 is 0 Å². The smallest absolute Gasteiger partial charge is 0.303 e. The predicted octanol–water partition coefficient (Wildman–Crippen LogP) is 3.42. The number of amides is 1. The Balaban J connectivity index is 2.18. The van der Waals surface area contributed by atoms with E-state index in [0.717, 1.165) is 23.5 Å². The van der Waals surface area contributed by atoms with Crippen LogP contribution < -0.4 is 0 Å². The molecule has 1 unspecified atom stereocenters. The lowest BCUT2D eigenvalue weighted by Gasteiger charge is -2.33. The van der Waals surface area contributed by atoms with E-state index in [4.69, 9.17) is 5.11 Å². The summed E-state index contributed by atoms with van der Waals surface area (Å²) in [5.74, 6) is -0.113. The molecule has 1 aromatic rings. The first kappa shape index (κ1) is 19.2. The summed E-state index contributed by atoms with van der Waals surface area (Å²) in [7, 11) is 0. The third-order valence-corrected chi connectivity index (χ3v) is 5.23. The van der Waals surface area contributed by atoms with E-state index in [1.165, 1.54) is 23.9 Å². The van der Waals surface area contributed by atoms with Crippen LogP contribution in [0.25, 0.3) is 0 Å². The zero-order chi connectivity index (χ0) is 18.4. The van der Waals surface area contributed by atoms with Crippen molar-refractivity contribution < 1.29 is 19.6 Å². The zero-order valence-corrected chi connectivity index (χ0v) is 15.0. The highest BCUT2D eigenvalue weighted by Crippen LogP contribution is 2.29. The Bertz CT molecular complexity index is 664. The van der Waals surface area contributed by atoms with Crippen LogP contribution in [-0.2, 0) is 4.79 Å². The average Bonchev–Trinajstić information content (AvgIpc) is 2.60. The molecule has 1 heterocycles. The maximum atomic E-state index is 12.9. The summed E-state index contributed by atoms with van der Waals surface area (Å²) in [6.45, 7) is 3.07. The molecule has 1 aliphatic heterocycles. The Labute approximate surface area is 150 Å². The number of nitro benzene ring substituents is 1. The number of non-ortho nitro benzene ring substituents is 1. The van der Waals surface area contributed by atoms with Crippen molar-refractivity contribution in [1.82, 2.24) is 4.90 Å². The Morgan fingerprint density at radius 2 is 2.20 bits per heavy atom. The fraction of sp³-hybridized carbons (Fsp3) is 0.529. The Morgan fingerprint density at radius 1 is 1.44 bits per heavy atom. The molecule has 8 heteroatoms. The molecule has 0 radical (unpaired) electrons. The number of nitro groups is 1. The SMILES string of the molecule is CCSc1ccc([N+](=O)[O-])cc1C(=O)N1CCCC(CCC(=O)O)C1. The van der Waals surface area contributed by atoms with E-state index in [-0.39, 0.29) is 23.9 Å². The van der Waals surface area contributed by atoms with E-state index in [1.54, 1.807) is 11.0 Å². The number of likely N-dealkylation sites (tertiary alicyclic amines) is 1. The highest BCUT2D eigenvalue weighted by atomic mass is 32.2. The lowest BCUT2D eigenvalue weighted by atomic mass is 9.93. The van der Waals surface area contributed by atoms with Gasteiger partial charge in [-0.25, -0.2) is 0 Å². The van der Waals surface area contributed by atoms with Crippen molar-refractivity contribution in [2.45, 2.75) is 37.5 Å². The van der Waals surface area contributed by atoms with Gasteiger partial charge in [-0.3, -0.25) is 19.7 Å². The summed E-state index contributed by atoms with van der Waals surface area (Å²) in [5, 5.41) is 19.9. The van der Waals surface area contributed by atoms with Gasteiger partial charge in [-0.1, -0.05) is 6.92 Å². The van der Waals surface area contributed by atoms with Crippen LogP contribution in [0.15, 0.2) is 23.1 Å². The first-order valence-electron chi connectivity index (χ1n) is 8.34. The van der Waals surface area contributed by atoms with Gasteiger partial charge >= 0.3 is 5.97 Å². The monoisotopic (exact) mass is 366 g/mol. The Hall–Kier alpha value is -2.09. The van der Waals surface area contributed by atoms with Crippen molar-refractivity contribution in [2.75, 3.05) is 18.8 Å². The summed E-state index contributed by atoms with van der Waals surface area (Å²) in [6.07, 6.45) is 2.37. The molecule has 1 amide bonds. The van der Waals surface area contributed by atoms with Gasteiger partial charge in [-0.2, -0.15) is 0 Å². The number of hydrogen-bond donors (Lipinski definition) is 1. The number of carboxylic acid groups (broad SMARTS) is 1. The Kier molecular flexibility index (Phi) is 6.81. The third kappa shape index (κ3) is 5.19. The summed E-state index contributed by atoms with van der Waals surface area (Å²) in [4.78, 5) is 36.7. The fourth-order valence-corrected chi connectivity index (χ4v) is 3.84. The van der Waals surface area contributed by atoms with Crippen LogP contribution in [0.2, 0.25) is 0 Å². The zero-order valence-electron chi connectivity index (χ0n) is 14.1. The van der Waals surface area contributed by atoms with Gasteiger partial charge in [0.1, 0.15) is 0 Å². The van der Waals surface area contributed by atoms with Crippen LogP contribution in [0.4, 0.5) is 5.69 Å². The lowest BCUT2D eigenvalue weighted by molar-refractivity contribution is -0.384. The van der Waals surface area contributed by atoms with Gasteiger partial charge in [0, 0.05) is 36.5 Å². The summed E-state index contributed by atoms with van der Waals surface area (Å²) >= 11 is 1.48. The van der Waals surface area contributed by atoms with Crippen molar-refractivity contribution in [1.29, 1.82) is 0 Å². The number of thioether (sulfide) groups is 1. The van der Waals surface area contributed by atoms with Crippen molar-refractivity contribution in [3.8, 4) is 0 Å². The van der Waals surface area contributed by atoms with E-state index in [9.17, 15) is 19.7 Å². The number of rotatable bonds is 7. The molecule has 0 aliphatic carbocycles. The van der Waals surface area contributed by atoms with Crippen LogP contribution >= 0.6 is 11.8 Å². The second-order valence-corrected chi connectivity index (χ2v) is 7.37. The van der Waals surface area contributed by atoms with Crippen LogP contribution in [0.5, 0.6) is 0 Å². The molecule has 1 fully saturated rings. The predicted molar refractivity (Wildman–Crippen MR) is 95.0 cm³/mol. The molecule has 0 saturated carbocycles. The number of carbonyl (C=O) groups is 2. The number of nitrogens with zero attached hydrogens (tertiary/aromatic N) is 2. The maximum absolute atomic E-state index is 12.9. The molecule has 0 spiro atoms. The summed E-state index contributed by atoms with van der Waals surface area (Å²) in [6, 6.07) is 4.40. The molecule has 1 N–H and O–H groups in total. The quantitative estimate of drug-likeness (QED) is 0.451. The molecule has 0 bridgehead atoms. The molecular weight excluding hydrogens is 344 g/mol. The van der Waals surface area contributed by atoms with E-state index in [1.807, 2.05) is 6.92 Å². The van der Waals surface area contributed by atoms with Crippen molar-refractivity contribution >= 4 is 29.3 Å². The lowest BCUT2D eigenvalue weighted by Crippen LogP contribution is -2.40. The number of hydrogen-bond acceptors (Lipinski definition) is 5. The number of piperidine rings is 1. The third-order valence-electron chi connectivity index (χ3n) is 4.28. The molecule has 2 rings (SSSR count). The molecule has 0 aromatic heterocycles. The maximum Gasteiger partial charge on any atom is 0.303 e. The minimum atomic E-state index is -0.830. The first-order chi connectivity index (χ1) is 11.9. The van der Waals surface area contributed by atoms with Crippen LogP contribution in [0, 0.1) is 16.0 Å². The van der Waals surface area contributed by atoms with Gasteiger partial charge in [-0.05, 0) is 37.0 Å². The standard InChI is InChI=1S/C17H22N2O5S/c1-2-25-15-7-6-13(19(23)24)10-14(15)17(22)18-9-3-4-12(11-18)5-8-16(20)21/h6-7,10,12H,2-5,8-9,11H2,1H3,(H,20,21). The average molecular weight is 366 g/mol. The molecule has 1 aliphatic rings. The van der Waals surface area contributed by atoms with Crippen LogP contribution in [-0.4, -0.2) is 45.6 Å². The minimum Gasteiger partial charge on any atom is -0.481 e. The van der Waals surface area contributed by atoms with Gasteiger partial charge < -0.3 is 10.0 Å². The van der Waals surface area contributed by atoms with Crippen molar-refractivity contribution in [2.24, 2.45) is 5.92 Å². The number of carbonyl (C=O) groups excluding carboxylic acids is 1. The molecular formula is C17H22N2O5S. The number of benzene rings is 1. The van der Waals surface area contributed by atoms with Gasteiger partial charge in [0.25, 0.3) is 11.6 Å². The van der Waals surface area contributed by atoms with Crippen molar-refractivity contribution in [3.05, 3.63) is 33.9 Å². The van der Waals surface area contributed by atoms with Gasteiger partial charge in [-0.15, -0.1) is 11.8 Å². The molecule has 25 heavy (non-hydrogen) atoms. The van der Waals surface area contributed by atoms with E-state index < -0.39 is 10.9 Å². The molecule has 1 atom stereocenters. The largest absolute Gasteiger partial charge is 0.481 e. The van der Waals surface area contributed by atoms with Crippen molar-refractivity contribution in [3.63, 3.8) is 0 Å². The highest BCUT2D eigenvalue weighted by Gasteiger charge is 2.27. The summed E-state index contributed by atoms with van der Waals surface area (Å²) < 4.78 is 0. The van der Waals surface area contributed by atoms with E-state index in [0.29, 0.717) is 25.1 Å². The first-order valence-corrected chi connectivity index (χ1v) is 9.33. The van der Waals surface area contributed by atoms with Crippen LogP contribution in [0.3, 0.4) is 0 Å². The van der Waals surface area contributed by atoms with Gasteiger partial charge in [0.2, 0.25) is 0 Å². The van der Waals surface area contributed by atoms with Gasteiger partial charge in [0.05, 0.1) is 10.5 Å². The minimum absolute atomic E-state index is 0.0942. The fourth-order valence-electron chi connectivity index (χ4n) is 3.06. The summed E-state index contributed by atoms with van der Waals surface area (Å²) in [5.41, 5.74) is 0.267. The molecule has 136 valence electrons. The topological polar surface area (TPSA) is 101 Å². The van der Waals surface area contributed by atoms with Gasteiger partial charge in [0.15, 0.2) is 0 Å². The number of aliphatic carboxylic acids is 1. The van der Waals surface area contributed by atoms with E-state index in [2.05, 4.69) is 0 Å². The van der Waals surface area contributed by atoms with Crippen LogP contribution in [0.1, 0.15) is 43.0 Å². The molecule has 1 saturated heterocycles. The second kappa shape index (κ2) is 8.84. The Morgan fingerprint density at radius 3 is 2.84 bits per heavy atom. The normalized spacial score (nSPS) is 17.3. The molecule has 7 nitrogen and oxygen atoms in total. The highest BCUT2D eigenvalue weighted by molar-refractivity contribution is 7.99.